The summed E-state index contributed by atoms with van der Waals surface area (Å²) in [4.78, 5) is 10.8. The predicted molar refractivity (Wildman–Crippen MR) is 100 cm³/mol. The van der Waals surface area contributed by atoms with E-state index in [0.717, 1.165) is 12.8 Å². The first-order chi connectivity index (χ1) is 10.6. The highest BCUT2D eigenvalue weighted by atomic mass is 35.6. The molecule has 4 heteroatoms. The minimum absolute atomic E-state index is 0.310. The summed E-state index contributed by atoms with van der Waals surface area (Å²) in [6.45, 7) is 8.41. The number of ether oxygens (including phenoxy) is 1. The Labute approximate surface area is 143 Å². The Kier molecular flexibility index (Phi) is 14.1. The van der Waals surface area contributed by atoms with Crippen LogP contribution in [0, 0.1) is 0 Å². The molecule has 0 saturated carbocycles. The molecule has 0 aliphatic heterocycles. The lowest BCUT2D eigenvalue weighted by Crippen LogP contribution is -2.23. The Morgan fingerprint density at radius 2 is 1.41 bits per heavy atom. The lowest BCUT2D eigenvalue weighted by molar-refractivity contribution is -0.137. The highest BCUT2D eigenvalue weighted by molar-refractivity contribution is 7.20. The zero-order valence-electron chi connectivity index (χ0n) is 14.7. The van der Waals surface area contributed by atoms with Crippen LogP contribution in [-0.2, 0) is 9.53 Å². The van der Waals surface area contributed by atoms with Crippen LogP contribution in [0.3, 0.4) is 0 Å². The molecule has 0 fully saturated rings. The van der Waals surface area contributed by atoms with Gasteiger partial charge in [-0.15, -0.1) is 0 Å². The van der Waals surface area contributed by atoms with E-state index in [4.69, 9.17) is 15.8 Å². The van der Waals surface area contributed by atoms with Crippen LogP contribution in [0.25, 0.3) is 0 Å². The Morgan fingerprint density at radius 3 is 1.86 bits per heavy atom. The third kappa shape index (κ3) is 12.3. The zero-order chi connectivity index (χ0) is 16.7. The van der Waals surface area contributed by atoms with Gasteiger partial charge in [-0.1, -0.05) is 71.8 Å². The molecule has 0 aromatic carbocycles. The van der Waals surface area contributed by atoms with Gasteiger partial charge in [0.15, 0.2) is 7.38 Å². The molecule has 0 radical (unpaired) electrons. The normalized spacial score (nSPS) is 11.4. The molecule has 2 nitrogen and oxygen atoms in total. The van der Waals surface area contributed by atoms with Crippen LogP contribution in [0.2, 0.25) is 18.1 Å². The number of unbranched alkanes of at least 4 members (excludes halogenated alkanes) is 8. The van der Waals surface area contributed by atoms with Crippen molar-refractivity contribution in [1.82, 2.24) is 0 Å². The maximum Gasteiger partial charge on any atom is 0.330 e. The van der Waals surface area contributed by atoms with E-state index in [0.29, 0.717) is 6.61 Å². The van der Waals surface area contributed by atoms with Crippen LogP contribution >= 0.6 is 11.1 Å². The van der Waals surface area contributed by atoms with E-state index < -0.39 is 7.38 Å². The van der Waals surface area contributed by atoms with E-state index in [2.05, 4.69) is 20.4 Å². The lowest BCUT2D eigenvalue weighted by Gasteiger charge is -2.20. The van der Waals surface area contributed by atoms with Crippen LogP contribution in [0.4, 0.5) is 0 Å². The summed E-state index contributed by atoms with van der Waals surface area (Å²) in [7, 11) is -1.37. The smallest absolute Gasteiger partial charge is 0.330 e. The number of carbonyl (C=O) groups excluding carboxylic acids is 1. The molecule has 0 amide bonds. The summed E-state index contributed by atoms with van der Waals surface area (Å²) in [5.74, 6) is -0.310. The fourth-order valence-electron chi connectivity index (χ4n) is 2.62. The summed E-state index contributed by atoms with van der Waals surface area (Å²) < 4.78 is 4.94. The maximum atomic E-state index is 10.8. The van der Waals surface area contributed by atoms with Crippen molar-refractivity contribution in [2.24, 2.45) is 0 Å². The van der Waals surface area contributed by atoms with Crippen molar-refractivity contribution in [3.63, 3.8) is 0 Å². The lowest BCUT2D eigenvalue weighted by atomic mass is 10.1. The highest BCUT2D eigenvalue weighted by Crippen LogP contribution is 2.27. The average molecular weight is 347 g/mol. The summed E-state index contributed by atoms with van der Waals surface area (Å²) in [5, 5.41) is 0. The van der Waals surface area contributed by atoms with Gasteiger partial charge in [-0.2, -0.15) is 11.1 Å². The number of hydrogen-bond acceptors (Lipinski definition) is 2. The van der Waals surface area contributed by atoms with Gasteiger partial charge < -0.3 is 4.74 Å². The SMILES string of the molecule is C=CC(=O)OCCCCCCCCCCC[Si](Cl)(CC)CC. The Balaban J connectivity index is 3.24. The molecular formula is C18H35ClO2Si. The van der Waals surface area contributed by atoms with Gasteiger partial charge in [-0.25, -0.2) is 4.79 Å². The molecular weight excluding hydrogens is 312 g/mol. The molecule has 22 heavy (non-hydrogen) atoms. The third-order valence-corrected chi connectivity index (χ3v) is 10.4. The Morgan fingerprint density at radius 1 is 0.955 bits per heavy atom. The van der Waals surface area contributed by atoms with E-state index in [1.165, 1.54) is 69.2 Å². The van der Waals surface area contributed by atoms with Crippen molar-refractivity contribution < 1.29 is 9.53 Å². The predicted octanol–water partition coefficient (Wildman–Crippen LogP) is 6.45. The minimum atomic E-state index is -1.37. The molecule has 0 rings (SSSR count). The van der Waals surface area contributed by atoms with E-state index in [-0.39, 0.29) is 5.97 Å². The standard InChI is InChI=1S/C18H35ClO2Si/c1-4-18(20)21-16-14-12-10-8-7-9-11-13-15-17-22(19,5-2)6-3/h4H,1,5-17H2,2-3H3. The van der Waals surface area contributed by atoms with Crippen molar-refractivity contribution >= 4 is 24.4 Å². The fourth-order valence-corrected chi connectivity index (χ4v) is 5.11. The van der Waals surface area contributed by atoms with Gasteiger partial charge in [0.2, 0.25) is 0 Å². The molecule has 130 valence electrons. The molecule has 0 atom stereocenters. The van der Waals surface area contributed by atoms with E-state index >= 15 is 0 Å². The van der Waals surface area contributed by atoms with Crippen molar-refractivity contribution in [1.29, 1.82) is 0 Å². The molecule has 0 aliphatic rings. The largest absolute Gasteiger partial charge is 0.463 e. The van der Waals surface area contributed by atoms with Crippen LogP contribution in [-0.4, -0.2) is 20.0 Å². The van der Waals surface area contributed by atoms with E-state index in [9.17, 15) is 4.79 Å². The van der Waals surface area contributed by atoms with Crippen LogP contribution < -0.4 is 0 Å². The van der Waals surface area contributed by atoms with E-state index in [1.54, 1.807) is 0 Å². The van der Waals surface area contributed by atoms with Gasteiger partial charge in [0, 0.05) is 6.08 Å². The number of rotatable bonds is 15. The molecule has 0 saturated heterocycles. The van der Waals surface area contributed by atoms with Gasteiger partial charge in [0.1, 0.15) is 0 Å². The first-order valence-corrected chi connectivity index (χ1v) is 12.7. The van der Waals surface area contributed by atoms with Gasteiger partial charge in [-0.05, 0) is 24.6 Å². The second-order valence-electron chi connectivity index (χ2n) is 6.16. The van der Waals surface area contributed by atoms with Gasteiger partial charge in [-0.3, -0.25) is 0 Å². The molecule has 0 unspecified atom stereocenters. The Hall–Kier alpha value is -0.283. The number of halogens is 1. The van der Waals surface area contributed by atoms with Crippen LogP contribution in [0.1, 0.15) is 71.6 Å². The fraction of sp³-hybridized carbons (Fsp3) is 0.833. The second-order valence-corrected chi connectivity index (χ2v) is 12.8. The molecule has 0 bridgehead atoms. The van der Waals surface area contributed by atoms with Crippen molar-refractivity contribution in [3.05, 3.63) is 12.7 Å². The molecule has 0 spiro atoms. The molecule has 0 aromatic heterocycles. The summed E-state index contributed by atoms with van der Waals surface area (Å²) >= 11 is 6.66. The summed E-state index contributed by atoms with van der Waals surface area (Å²) in [6, 6.07) is 3.73. The monoisotopic (exact) mass is 346 g/mol. The minimum Gasteiger partial charge on any atom is -0.463 e. The topological polar surface area (TPSA) is 26.3 Å². The van der Waals surface area contributed by atoms with Crippen LogP contribution in [0.15, 0.2) is 12.7 Å². The molecule has 0 heterocycles. The maximum absolute atomic E-state index is 10.8. The number of esters is 1. The van der Waals surface area contributed by atoms with E-state index in [1.807, 2.05) is 0 Å². The number of hydrogen-bond donors (Lipinski definition) is 0. The third-order valence-electron chi connectivity index (χ3n) is 4.45. The zero-order valence-corrected chi connectivity index (χ0v) is 16.4. The van der Waals surface area contributed by atoms with Gasteiger partial charge in [0.05, 0.1) is 6.61 Å². The molecule has 0 aliphatic carbocycles. The highest BCUT2D eigenvalue weighted by Gasteiger charge is 2.24. The quantitative estimate of drug-likeness (QED) is 0.112. The average Bonchev–Trinajstić information content (AvgIpc) is 2.55. The Bertz CT molecular complexity index is 291. The second kappa shape index (κ2) is 14.3. The van der Waals surface area contributed by atoms with Gasteiger partial charge >= 0.3 is 5.97 Å². The first kappa shape index (κ1) is 21.7. The molecule has 0 N–H and O–H groups in total. The molecule has 0 aromatic rings. The number of carbonyl (C=O) groups is 1. The van der Waals surface area contributed by atoms with Crippen molar-refractivity contribution in [2.45, 2.75) is 89.8 Å². The van der Waals surface area contributed by atoms with Crippen molar-refractivity contribution in [3.8, 4) is 0 Å². The van der Waals surface area contributed by atoms with Crippen LogP contribution in [0.5, 0.6) is 0 Å². The summed E-state index contributed by atoms with van der Waals surface area (Å²) in [6.07, 6.45) is 12.6. The van der Waals surface area contributed by atoms with Gasteiger partial charge in [0.25, 0.3) is 0 Å². The summed E-state index contributed by atoms with van der Waals surface area (Å²) in [5.41, 5.74) is 0. The van der Waals surface area contributed by atoms with Crippen molar-refractivity contribution in [2.75, 3.05) is 6.61 Å². The first-order valence-electron chi connectivity index (χ1n) is 9.06.